The van der Waals surface area contributed by atoms with Crippen LogP contribution < -0.4 is 10.1 Å². The molecular weight excluding hydrogens is 516 g/mol. The van der Waals surface area contributed by atoms with Gasteiger partial charge in [-0.2, -0.15) is 4.68 Å². The van der Waals surface area contributed by atoms with Crippen LogP contribution >= 0.6 is 0 Å². The molecule has 40 heavy (non-hydrogen) atoms. The van der Waals surface area contributed by atoms with Crippen molar-refractivity contribution >= 4 is 17.9 Å². The Bertz CT molecular complexity index is 1540. The molecule has 1 aromatic heterocycles. The fourth-order valence-electron chi connectivity index (χ4n) is 5.01. The summed E-state index contributed by atoms with van der Waals surface area (Å²) in [7, 11) is 1.49. The number of ether oxygens (including phenoxy) is 2. The summed E-state index contributed by atoms with van der Waals surface area (Å²) < 4.78 is 12.3. The van der Waals surface area contributed by atoms with Gasteiger partial charge in [0.1, 0.15) is 18.4 Å². The van der Waals surface area contributed by atoms with Crippen LogP contribution in [0, 0.1) is 10.1 Å². The minimum Gasteiger partial charge on any atom is -0.496 e. The van der Waals surface area contributed by atoms with E-state index in [0.29, 0.717) is 16.9 Å². The Morgan fingerprint density at radius 3 is 2.35 bits per heavy atom. The van der Waals surface area contributed by atoms with Crippen LogP contribution in [0.25, 0.3) is 11.1 Å². The van der Waals surface area contributed by atoms with Crippen molar-refractivity contribution < 1.29 is 29.1 Å². The van der Waals surface area contributed by atoms with E-state index in [-0.39, 0.29) is 31.3 Å². The van der Waals surface area contributed by atoms with Crippen LogP contribution in [0.15, 0.2) is 79.0 Å². The highest BCUT2D eigenvalue weighted by atomic mass is 16.6. The van der Waals surface area contributed by atoms with Gasteiger partial charge in [-0.05, 0) is 38.8 Å². The van der Waals surface area contributed by atoms with E-state index in [9.17, 15) is 24.8 Å². The van der Waals surface area contributed by atoms with Crippen LogP contribution in [0.1, 0.15) is 28.2 Å². The van der Waals surface area contributed by atoms with Crippen molar-refractivity contribution in [3.63, 3.8) is 0 Å². The molecule has 0 radical (unpaired) electrons. The third-order valence-corrected chi connectivity index (χ3v) is 6.86. The molecule has 204 valence electrons. The van der Waals surface area contributed by atoms with Gasteiger partial charge in [0.25, 0.3) is 0 Å². The fraction of sp³-hybridized carbons (Fsp3) is 0.207. The number of fused-ring (bicyclic) bond motifs is 3. The van der Waals surface area contributed by atoms with Crippen LogP contribution in [0.4, 0.5) is 10.6 Å². The van der Waals surface area contributed by atoms with Crippen LogP contribution in [0.2, 0.25) is 0 Å². The molecule has 0 spiro atoms. The summed E-state index contributed by atoms with van der Waals surface area (Å²) in [4.78, 5) is 35.1. The number of carboxylic acid groups (broad SMARTS) is 1. The van der Waals surface area contributed by atoms with Crippen molar-refractivity contribution in [3.05, 3.63) is 111 Å². The van der Waals surface area contributed by atoms with Gasteiger partial charge in [0.05, 0.1) is 31.0 Å². The lowest BCUT2D eigenvalue weighted by atomic mass is 9.98. The van der Waals surface area contributed by atoms with Gasteiger partial charge in [0, 0.05) is 17.9 Å². The van der Waals surface area contributed by atoms with Crippen molar-refractivity contribution in [1.29, 1.82) is 0 Å². The number of carboxylic acids is 1. The number of nitrogens with zero attached hydrogens (tertiary/aromatic N) is 3. The van der Waals surface area contributed by atoms with Crippen molar-refractivity contribution in [2.45, 2.75) is 24.9 Å². The second-order valence-corrected chi connectivity index (χ2v) is 9.34. The minimum absolute atomic E-state index is 0.0181. The molecule has 1 amide bonds. The maximum atomic E-state index is 12.7. The first-order chi connectivity index (χ1) is 19.3. The zero-order valence-corrected chi connectivity index (χ0v) is 21.5. The fourth-order valence-corrected chi connectivity index (χ4v) is 5.01. The summed E-state index contributed by atoms with van der Waals surface area (Å²) in [5.74, 6) is -1.14. The number of hydrogen-bond donors (Lipinski definition) is 2. The van der Waals surface area contributed by atoms with Crippen molar-refractivity contribution in [2.75, 3.05) is 13.7 Å². The zero-order chi connectivity index (χ0) is 28.2. The lowest BCUT2D eigenvalue weighted by molar-refractivity contribution is -0.389. The lowest BCUT2D eigenvalue weighted by Gasteiger charge is -2.18. The van der Waals surface area contributed by atoms with Crippen LogP contribution in [-0.2, 0) is 22.5 Å². The summed E-state index contributed by atoms with van der Waals surface area (Å²) in [5, 5.41) is 27.1. The van der Waals surface area contributed by atoms with Crippen molar-refractivity contribution in [1.82, 2.24) is 15.1 Å². The number of carbonyl (C=O) groups is 2. The molecule has 0 saturated heterocycles. The summed E-state index contributed by atoms with van der Waals surface area (Å²) in [6.07, 6.45) is 0.630. The molecule has 2 N–H and O–H groups in total. The number of methoxy groups -OCH3 is 1. The number of nitrogens with one attached hydrogen (secondary N) is 1. The van der Waals surface area contributed by atoms with E-state index in [4.69, 9.17) is 9.47 Å². The third-order valence-electron chi connectivity index (χ3n) is 6.86. The van der Waals surface area contributed by atoms with E-state index in [0.717, 1.165) is 22.3 Å². The number of alkyl carbamates (subject to hydrolysis) is 1. The molecule has 1 aliphatic carbocycles. The third kappa shape index (κ3) is 5.48. The number of rotatable bonds is 10. The first-order valence-electron chi connectivity index (χ1n) is 12.5. The predicted molar refractivity (Wildman–Crippen MR) is 144 cm³/mol. The van der Waals surface area contributed by atoms with Gasteiger partial charge in [-0.3, -0.25) is 0 Å². The Labute approximate surface area is 229 Å². The molecule has 0 aliphatic heterocycles. The standard InChI is InChI=1S/C29H26N4O7/c1-39-26-11-10-18(14-19(26)16-32-13-12-27(31-32)33(37)38)15-25(28(34)35)30-29(36)40-17-24-22-8-4-2-6-20(22)21-7-3-5-9-23(21)24/h2-14,24-25H,15-17H2,1H3,(H,30,36)(H,34,35). The molecule has 3 aromatic carbocycles. The molecule has 0 bridgehead atoms. The Morgan fingerprint density at radius 2 is 1.75 bits per heavy atom. The summed E-state index contributed by atoms with van der Waals surface area (Å²) >= 11 is 0. The Kier molecular flexibility index (Phi) is 7.45. The monoisotopic (exact) mass is 542 g/mol. The van der Waals surface area contributed by atoms with Crippen LogP contribution in [0.5, 0.6) is 5.75 Å². The number of benzene rings is 3. The van der Waals surface area contributed by atoms with Gasteiger partial charge in [-0.1, -0.05) is 60.7 Å². The summed E-state index contributed by atoms with van der Waals surface area (Å²) in [5.41, 5.74) is 5.55. The lowest BCUT2D eigenvalue weighted by Crippen LogP contribution is -2.42. The van der Waals surface area contributed by atoms with Gasteiger partial charge in [0.15, 0.2) is 0 Å². The maximum absolute atomic E-state index is 12.7. The van der Waals surface area contributed by atoms with Crippen molar-refractivity contribution in [3.8, 4) is 16.9 Å². The molecule has 11 heteroatoms. The Morgan fingerprint density at radius 1 is 1.07 bits per heavy atom. The van der Waals surface area contributed by atoms with Crippen LogP contribution in [-0.4, -0.2) is 51.6 Å². The summed E-state index contributed by atoms with van der Waals surface area (Å²) in [6.45, 7) is 0.233. The zero-order valence-electron chi connectivity index (χ0n) is 21.5. The van der Waals surface area contributed by atoms with E-state index in [1.165, 1.54) is 24.1 Å². The van der Waals surface area contributed by atoms with Crippen molar-refractivity contribution in [2.24, 2.45) is 0 Å². The molecular formula is C29H26N4O7. The smallest absolute Gasteiger partial charge is 0.407 e. The second kappa shape index (κ2) is 11.3. The molecule has 1 aliphatic rings. The van der Waals surface area contributed by atoms with Gasteiger partial charge in [0.2, 0.25) is 0 Å². The molecule has 1 atom stereocenters. The SMILES string of the molecule is COc1ccc(CC(NC(=O)OCC2c3ccccc3-c3ccccc32)C(=O)O)cc1Cn1ccc([N+](=O)[O-])n1. The van der Waals surface area contributed by atoms with E-state index in [2.05, 4.69) is 10.4 Å². The number of aliphatic carboxylic acids is 1. The second-order valence-electron chi connectivity index (χ2n) is 9.34. The quantitative estimate of drug-likeness (QED) is 0.222. The highest BCUT2D eigenvalue weighted by Crippen LogP contribution is 2.44. The Hall–Kier alpha value is -5.19. The average molecular weight is 543 g/mol. The predicted octanol–water partition coefficient (Wildman–Crippen LogP) is 4.38. The van der Waals surface area contributed by atoms with E-state index in [1.54, 1.807) is 18.2 Å². The number of aromatic nitrogens is 2. The number of carbonyl (C=O) groups excluding carboxylic acids is 1. The summed E-state index contributed by atoms with van der Waals surface area (Å²) in [6, 6.07) is 21.0. The van der Waals surface area contributed by atoms with Gasteiger partial charge < -0.3 is 30.0 Å². The molecule has 0 fully saturated rings. The van der Waals surface area contributed by atoms with E-state index < -0.39 is 23.0 Å². The van der Waals surface area contributed by atoms with E-state index >= 15 is 0 Å². The minimum atomic E-state index is -1.25. The number of amides is 1. The molecule has 1 unspecified atom stereocenters. The molecule has 11 nitrogen and oxygen atoms in total. The normalized spacial score (nSPS) is 12.7. The van der Waals surface area contributed by atoms with Crippen LogP contribution in [0.3, 0.4) is 0 Å². The number of nitro groups is 1. The first kappa shape index (κ1) is 26.4. The van der Waals surface area contributed by atoms with Gasteiger partial charge in [-0.15, -0.1) is 0 Å². The molecule has 5 rings (SSSR count). The highest BCUT2D eigenvalue weighted by Gasteiger charge is 2.30. The van der Waals surface area contributed by atoms with Gasteiger partial charge in [-0.25, -0.2) is 9.59 Å². The van der Waals surface area contributed by atoms with Gasteiger partial charge >= 0.3 is 17.9 Å². The largest absolute Gasteiger partial charge is 0.496 e. The molecule has 4 aromatic rings. The molecule has 1 heterocycles. The number of hydrogen-bond acceptors (Lipinski definition) is 7. The molecule has 0 saturated carbocycles. The maximum Gasteiger partial charge on any atom is 0.407 e. The van der Waals surface area contributed by atoms with E-state index in [1.807, 2.05) is 48.5 Å². The first-order valence-corrected chi connectivity index (χ1v) is 12.5. The Balaban J connectivity index is 1.26. The average Bonchev–Trinajstić information content (AvgIpc) is 3.55. The topological polar surface area (TPSA) is 146 Å². The highest BCUT2D eigenvalue weighted by molar-refractivity contribution is 5.81.